The monoisotopic (exact) mass is 417 g/mol. The molecule has 0 aliphatic carbocycles. The Labute approximate surface area is 154 Å². The number of rotatable bonds is 9. The van der Waals surface area contributed by atoms with Crippen molar-refractivity contribution in [3.8, 4) is 5.75 Å². The van der Waals surface area contributed by atoms with E-state index in [2.05, 4.69) is 15.9 Å². The molecule has 0 atom stereocenters. The first kappa shape index (κ1) is 19.1. The lowest BCUT2D eigenvalue weighted by atomic mass is 10.1. The van der Waals surface area contributed by atoms with Gasteiger partial charge in [-0.25, -0.2) is 0 Å². The van der Waals surface area contributed by atoms with Gasteiger partial charge in [-0.2, -0.15) is 4.28 Å². The smallest absolute Gasteiger partial charge is 0.303 e. The highest BCUT2D eigenvalue weighted by Gasteiger charge is 2.21. The summed E-state index contributed by atoms with van der Waals surface area (Å²) in [7, 11) is 1.62. The van der Waals surface area contributed by atoms with Crippen LogP contribution < -0.4 is 4.74 Å². The second-order valence-electron chi connectivity index (χ2n) is 5.21. The summed E-state index contributed by atoms with van der Waals surface area (Å²) in [6, 6.07) is 5.76. The molecule has 0 spiro atoms. The largest absolute Gasteiger partial charge is 0.496 e. The minimum atomic E-state index is -0.740. The molecule has 6 nitrogen and oxygen atoms in total. The number of nitrogens with zero attached hydrogens (tertiary/aromatic N) is 1. The van der Waals surface area contributed by atoms with E-state index >= 15 is 0 Å². The maximum absolute atomic E-state index is 10.4. The highest BCUT2D eigenvalue weighted by molar-refractivity contribution is 9.10. The quantitative estimate of drug-likeness (QED) is 0.464. The van der Waals surface area contributed by atoms with Gasteiger partial charge in [-0.05, 0) is 36.3 Å². The van der Waals surface area contributed by atoms with Gasteiger partial charge in [0.05, 0.1) is 25.7 Å². The average Bonchev–Trinajstić information content (AvgIpc) is 2.99. The topological polar surface area (TPSA) is 68.2 Å². The minimum absolute atomic E-state index is 0.231. The molecule has 8 heteroatoms. The molecule has 1 aliphatic heterocycles. The van der Waals surface area contributed by atoms with Gasteiger partial charge in [0.25, 0.3) is 0 Å². The first-order valence-corrected chi connectivity index (χ1v) is 9.19. The number of carboxylic acid groups (broad SMARTS) is 1. The number of halogens is 1. The van der Waals surface area contributed by atoms with Crippen molar-refractivity contribution in [2.24, 2.45) is 0 Å². The zero-order valence-corrected chi connectivity index (χ0v) is 15.8. The van der Waals surface area contributed by atoms with Crippen LogP contribution in [-0.2, 0) is 13.9 Å². The normalized spacial score (nSPS) is 16.3. The number of benzene rings is 1. The summed E-state index contributed by atoms with van der Waals surface area (Å²) in [6.07, 6.45) is 5.53. The van der Waals surface area contributed by atoms with E-state index in [9.17, 15) is 4.79 Å². The fourth-order valence-corrected chi connectivity index (χ4v) is 3.03. The van der Waals surface area contributed by atoms with Crippen LogP contribution in [0.1, 0.15) is 37.7 Å². The third-order valence-electron chi connectivity index (χ3n) is 3.34. The molecule has 1 fully saturated rings. The van der Waals surface area contributed by atoms with Crippen molar-refractivity contribution < 1.29 is 23.8 Å². The summed E-state index contributed by atoms with van der Waals surface area (Å²) in [5.74, 6) is 0.00807. The van der Waals surface area contributed by atoms with E-state index in [-0.39, 0.29) is 6.42 Å². The van der Waals surface area contributed by atoms with Crippen LogP contribution in [0.15, 0.2) is 27.8 Å². The van der Waals surface area contributed by atoms with Gasteiger partial charge in [0.2, 0.25) is 5.09 Å². The van der Waals surface area contributed by atoms with E-state index < -0.39 is 5.97 Å². The van der Waals surface area contributed by atoms with Crippen molar-refractivity contribution in [1.29, 1.82) is 0 Å². The lowest BCUT2D eigenvalue weighted by Crippen LogP contribution is -2.16. The zero-order chi connectivity index (χ0) is 17.4. The fourth-order valence-electron chi connectivity index (χ4n) is 2.14. The van der Waals surface area contributed by atoms with E-state index in [0.717, 1.165) is 47.1 Å². The molecule has 1 N–H and O–H groups in total. The van der Waals surface area contributed by atoms with Crippen LogP contribution in [0, 0.1) is 0 Å². The van der Waals surface area contributed by atoms with E-state index in [4.69, 9.17) is 19.0 Å². The first-order chi connectivity index (χ1) is 11.6. The molecule has 1 aromatic carbocycles. The van der Waals surface area contributed by atoms with Gasteiger partial charge in [-0.15, -0.1) is 0 Å². The number of carbonyl (C=O) groups is 1. The summed E-state index contributed by atoms with van der Waals surface area (Å²) >= 11 is 4.57. The molecule has 24 heavy (non-hydrogen) atoms. The molecule has 132 valence electrons. The van der Waals surface area contributed by atoms with Crippen molar-refractivity contribution >= 4 is 40.0 Å². The number of carboxylic acids is 1. The van der Waals surface area contributed by atoms with Crippen molar-refractivity contribution in [3.05, 3.63) is 33.3 Å². The van der Waals surface area contributed by atoms with Crippen LogP contribution in [0.25, 0.3) is 6.08 Å². The second-order valence-corrected chi connectivity index (χ2v) is 6.85. The number of methoxy groups -OCH3 is 1. The Bertz CT molecular complexity index is 596. The maximum Gasteiger partial charge on any atom is 0.303 e. The van der Waals surface area contributed by atoms with Gasteiger partial charge < -0.3 is 14.7 Å². The molecule has 0 unspecified atom stereocenters. The molecule has 1 aliphatic rings. The Morgan fingerprint density at radius 2 is 2.17 bits per heavy atom. The third kappa shape index (κ3) is 6.35. The van der Waals surface area contributed by atoms with Crippen molar-refractivity contribution in [2.75, 3.05) is 13.7 Å². The summed E-state index contributed by atoms with van der Waals surface area (Å²) < 4.78 is 11.7. The maximum atomic E-state index is 10.4. The number of hydrogen-bond donors (Lipinski definition) is 1. The molecule has 0 bridgehead atoms. The number of unbranched alkanes of at least 4 members (excludes halogenated alkanes) is 3. The zero-order valence-electron chi connectivity index (χ0n) is 13.4. The van der Waals surface area contributed by atoms with E-state index in [1.165, 1.54) is 5.23 Å². The van der Waals surface area contributed by atoms with E-state index in [1.54, 1.807) is 7.11 Å². The average molecular weight is 418 g/mol. The Balaban J connectivity index is 1.75. The highest BCUT2D eigenvalue weighted by atomic mass is 79.9. The van der Waals surface area contributed by atoms with Gasteiger partial charge >= 0.3 is 5.97 Å². The lowest BCUT2D eigenvalue weighted by molar-refractivity contribution is -0.259. The molecule has 1 heterocycles. The fraction of sp³-hybridized carbons (Fsp3) is 0.438. The molecule has 0 saturated carbocycles. The minimum Gasteiger partial charge on any atom is -0.496 e. The molecule has 2 rings (SSSR count). The SMILES string of the molecule is COc1cc(Br)ccc1C=C1ON(CCCCCCC(=O)O)OS1. The van der Waals surface area contributed by atoms with Gasteiger partial charge in [0, 0.05) is 22.5 Å². The Morgan fingerprint density at radius 3 is 2.92 bits per heavy atom. The number of aliphatic carboxylic acids is 1. The number of hydrogen-bond acceptors (Lipinski definition) is 6. The highest BCUT2D eigenvalue weighted by Crippen LogP contribution is 2.34. The lowest BCUT2D eigenvalue weighted by Gasteiger charge is -2.10. The summed E-state index contributed by atoms with van der Waals surface area (Å²) in [5, 5.41) is 10.7. The van der Waals surface area contributed by atoms with Gasteiger partial charge in [0.15, 0.2) is 0 Å². The van der Waals surface area contributed by atoms with Crippen molar-refractivity contribution in [1.82, 2.24) is 5.23 Å². The van der Waals surface area contributed by atoms with E-state index in [0.29, 0.717) is 18.1 Å². The molecule has 0 aromatic heterocycles. The number of ether oxygens (including phenoxy) is 1. The number of hydroxylamine groups is 2. The van der Waals surface area contributed by atoms with Crippen LogP contribution in [0.4, 0.5) is 0 Å². The molecule has 1 aromatic rings. The summed E-state index contributed by atoms with van der Waals surface area (Å²) in [6.45, 7) is 0.634. The Kier molecular flexibility index (Phi) is 7.90. The summed E-state index contributed by atoms with van der Waals surface area (Å²) in [4.78, 5) is 16.0. The van der Waals surface area contributed by atoms with Crippen molar-refractivity contribution in [3.63, 3.8) is 0 Å². The van der Waals surface area contributed by atoms with Crippen LogP contribution in [0.5, 0.6) is 5.75 Å². The Morgan fingerprint density at radius 1 is 1.38 bits per heavy atom. The predicted molar refractivity (Wildman–Crippen MR) is 95.9 cm³/mol. The molecule has 0 amide bonds. The third-order valence-corrected chi connectivity index (χ3v) is 4.44. The van der Waals surface area contributed by atoms with Crippen LogP contribution in [-0.4, -0.2) is 30.0 Å². The molecular formula is C16H20BrNO5S. The van der Waals surface area contributed by atoms with Crippen LogP contribution in [0.2, 0.25) is 0 Å². The summed E-state index contributed by atoms with van der Waals surface area (Å²) in [5.41, 5.74) is 0.905. The predicted octanol–water partition coefficient (Wildman–Crippen LogP) is 4.62. The standard InChI is InChI=1S/C16H20BrNO5S/c1-21-14-11-13(17)8-7-12(14)10-16-22-18(23-24-16)9-5-3-2-4-6-15(19)20/h7-8,10-11H,2-6,9H2,1H3,(H,19,20). The molecular weight excluding hydrogens is 398 g/mol. The molecule has 1 saturated heterocycles. The van der Waals surface area contributed by atoms with Gasteiger partial charge in [0.1, 0.15) is 5.75 Å². The molecule has 0 radical (unpaired) electrons. The second kappa shape index (κ2) is 9.93. The Hall–Kier alpha value is -1.22. The van der Waals surface area contributed by atoms with Crippen LogP contribution in [0.3, 0.4) is 0 Å². The van der Waals surface area contributed by atoms with Gasteiger partial charge in [-0.3, -0.25) is 4.79 Å². The van der Waals surface area contributed by atoms with Gasteiger partial charge in [-0.1, -0.05) is 28.8 Å². The first-order valence-electron chi connectivity index (χ1n) is 7.65. The van der Waals surface area contributed by atoms with E-state index in [1.807, 2.05) is 24.3 Å². The van der Waals surface area contributed by atoms with Crippen LogP contribution >= 0.6 is 28.0 Å². The van der Waals surface area contributed by atoms with Crippen molar-refractivity contribution in [2.45, 2.75) is 32.1 Å².